The number of thiol groups is 1. The van der Waals surface area contributed by atoms with Gasteiger partial charge in [0.25, 0.3) is 0 Å². The quantitative estimate of drug-likeness (QED) is 0.202. The van der Waals surface area contributed by atoms with Crippen LogP contribution in [-0.2, 0) is 20.0 Å². The fourth-order valence-corrected chi connectivity index (χ4v) is 6.13. The third kappa shape index (κ3) is 9.03. The van der Waals surface area contributed by atoms with E-state index < -0.39 is 7.60 Å². The summed E-state index contributed by atoms with van der Waals surface area (Å²) < 4.78 is 30.6. The van der Waals surface area contributed by atoms with Crippen LogP contribution in [0.4, 0.5) is 0 Å². The third-order valence-corrected chi connectivity index (χ3v) is 8.83. The van der Waals surface area contributed by atoms with Crippen LogP contribution in [0.25, 0.3) is 0 Å². The molecule has 0 unspecified atom stereocenters. The molecule has 39 heavy (non-hydrogen) atoms. The molecule has 0 radical (unpaired) electrons. The predicted molar refractivity (Wildman–Crippen MR) is 164 cm³/mol. The molecular formula is C31H40ClO5PS. The normalized spacial score (nSPS) is 18.9. The van der Waals surface area contributed by atoms with Crippen LogP contribution < -0.4 is 4.74 Å². The van der Waals surface area contributed by atoms with E-state index in [9.17, 15) is 9.67 Å². The molecule has 2 atom stereocenters. The van der Waals surface area contributed by atoms with E-state index in [-0.39, 0.29) is 18.4 Å². The second-order valence-electron chi connectivity index (χ2n) is 10.1. The zero-order valence-corrected chi connectivity index (χ0v) is 26.0. The molecule has 0 amide bonds. The topological polar surface area (TPSA) is 65.0 Å². The highest BCUT2D eigenvalue weighted by Crippen LogP contribution is 2.56. The molecule has 1 saturated heterocycles. The Bertz CT molecular complexity index is 1270. The number of halogens is 1. The first-order valence-corrected chi connectivity index (χ1v) is 16.1. The molecule has 212 valence electrons. The van der Waals surface area contributed by atoms with Gasteiger partial charge in [-0.1, -0.05) is 56.6 Å². The van der Waals surface area contributed by atoms with E-state index >= 15 is 0 Å². The van der Waals surface area contributed by atoms with Crippen molar-refractivity contribution in [3.8, 4) is 11.5 Å². The summed E-state index contributed by atoms with van der Waals surface area (Å²) in [6, 6.07) is 17.1. The summed E-state index contributed by atoms with van der Waals surface area (Å²) in [5.41, 5.74) is 6.35. The van der Waals surface area contributed by atoms with Crippen molar-refractivity contribution in [2.45, 2.75) is 65.9 Å². The van der Waals surface area contributed by atoms with Gasteiger partial charge in [-0.2, -0.15) is 12.6 Å². The van der Waals surface area contributed by atoms with Gasteiger partial charge in [-0.05, 0) is 102 Å². The zero-order chi connectivity index (χ0) is 28.6. The molecule has 0 saturated carbocycles. The summed E-state index contributed by atoms with van der Waals surface area (Å²) in [5, 5.41) is 10.7. The summed E-state index contributed by atoms with van der Waals surface area (Å²) in [6.45, 7) is 10.7. The summed E-state index contributed by atoms with van der Waals surface area (Å²) in [4.78, 5) is 0. The number of hydrogen-bond donors (Lipinski definition) is 2. The molecule has 4 rings (SSSR count). The number of phenols is 1. The van der Waals surface area contributed by atoms with Crippen molar-refractivity contribution < 1.29 is 23.5 Å². The van der Waals surface area contributed by atoms with Crippen LogP contribution in [0.3, 0.4) is 0 Å². The summed E-state index contributed by atoms with van der Waals surface area (Å²) >= 11 is 10.0. The van der Waals surface area contributed by atoms with Crippen LogP contribution in [0.1, 0.15) is 79.0 Å². The lowest BCUT2D eigenvalue weighted by molar-refractivity contribution is 0.0725. The number of aromatic hydroxyl groups is 1. The van der Waals surface area contributed by atoms with E-state index in [1.807, 2.05) is 50.2 Å². The van der Waals surface area contributed by atoms with Gasteiger partial charge in [0.2, 0.25) is 0 Å². The highest BCUT2D eigenvalue weighted by atomic mass is 35.5. The van der Waals surface area contributed by atoms with Crippen LogP contribution in [0.2, 0.25) is 5.02 Å². The zero-order valence-electron chi connectivity index (χ0n) is 23.4. The predicted octanol–water partition coefficient (Wildman–Crippen LogP) is 9.41. The van der Waals surface area contributed by atoms with E-state index in [2.05, 4.69) is 39.5 Å². The van der Waals surface area contributed by atoms with Crippen LogP contribution >= 0.6 is 31.8 Å². The van der Waals surface area contributed by atoms with Gasteiger partial charge in [-0.25, -0.2) is 0 Å². The molecule has 8 heteroatoms. The van der Waals surface area contributed by atoms with E-state index in [1.165, 1.54) is 12.0 Å². The minimum Gasteiger partial charge on any atom is -0.508 e. The number of ether oxygens (including phenoxy) is 1. The Morgan fingerprint density at radius 3 is 2.44 bits per heavy atom. The molecular weight excluding hydrogens is 551 g/mol. The minimum atomic E-state index is -3.42. The first-order chi connectivity index (χ1) is 18.5. The van der Waals surface area contributed by atoms with Crippen LogP contribution in [0, 0.1) is 13.8 Å². The SMILES string of the molecule is CCCS.Cc1cc(OC[P@@]2(=O)OCC[C@@H](c3cccc(Cl)c3)O2)cc(C)c1Cc1ccc(O)c(C(C)C)c1. The maximum Gasteiger partial charge on any atom is 0.368 e. The molecule has 1 fully saturated rings. The van der Waals surface area contributed by atoms with Crippen molar-refractivity contribution in [2.24, 2.45) is 0 Å². The minimum absolute atomic E-state index is 0.155. The van der Waals surface area contributed by atoms with Gasteiger partial charge in [-0.15, -0.1) is 0 Å². The fraction of sp³-hybridized carbons (Fsp3) is 0.419. The highest BCUT2D eigenvalue weighted by Gasteiger charge is 2.35. The van der Waals surface area contributed by atoms with Gasteiger partial charge >= 0.3 is 7.60 Å². The fourth-order valence-electron chi connectivity index (χ4n) is 4.43. The third-order valence-electron chi connectivity index (χ3n) is 6.55. The largest absolute Gasteiger partial charge is 0.508 e. The van der Waals surface area contributed by atoms with Gasteiger partial charge in [0, 0.05) is 11.4 Å². The lowest BCUT2D eigenvalue weighted by Gasteiger charge is -2.30. The lowest BCUT2D eigenvalue weighted by Crippen LogP contribution is -2.17. The molecule has 0 aromatic heterocycles. The maximum atomic E-state index is 13.2. The molecule has 1 N–H and O–H groups in total. The molecule has 1 aliphatic rings. The van der Waals surface area contributed by atoms with Gasteiger partial charge in [0.15, 0.2) is 6.35 Å². The second-order valence-corrected chi connectivity index (χ2v) is 13.0. The Morgan fingerprint density at radius 1 is 1.13 bits per heavy atom. The second kappa shape index (κ2) is 14.6. The van der Waals surface area contributed by atoms with Gasteiger partial charge in [-0.3, -0.25) is 9.09 Å². The molecule has 1 heterocycles. The van der Waals surface area contributed by atoms with E-state index in [1.54, 1.807) is 12.1 Å². The number of aryl methyl sites for hydroxylation is 2. The molecule has 0 aliphatic carbocycles. The Labute approximate surface area is 243 Å². The van der Waals surface area contributed by atoms with Gasteiger partial charge in [0.05, 0.1) is 12.7 Å². The van der Waals surface area contributed by atoms with Crippen molar-refractivity contribution in [1.29, 1.82) is 0 Å². The van der Waals surface area contributed by atoms with E-state index in [0.717, 1.165) is 40.0 Å². The monoisotopic (exact) mass is 590 g/mol. The van der Waals surface area contributed by atoms with Crippen LogP contribution in [-0.4, -0.2) is 23.8 Å². The summed E-state index contributed by atoms with van der Waals surface area (Å²) in [6.07, 6.45) is 2.04. The molecule has 0 bridgehead atoms. The van der Waals surface area contributed by atoms with Crippen molar-refractivity contribution in [2.75, 3.05) is 18.7 Å². The summed E-state index contributed by atoms with van der Waals surface area (Å²) in [7, 11) is -3.42. The highest BCUT2D eigenvalue weighted by molar-refractivity contribution is 7.80. The van der Waals surface area contributed by atoms with E-state index in [0.29, 0.717) is 29.5 Å². The maximum absolute atomic E-state index is 13.2. The van der Waals surface area contributed by atoms with Crippen molar-refractivity contribution in [3.63, 3.8) is 0 Å². The Hall–Kier alpha value is -1.95. The molecule has 5 nitrogen and oxygen atoms in total. The van der Waals surface area contributed by atoms with Crippen LogP contribution in [0.5, 0.6) is 11.5 Å². The molecule has 3 aromatic carbocycles. The molecule has 3 aromatic rings. The average molecular weight is 591 g/mol. The Morgan fingerprint density at radius 2 is 1.82 bits per heavy atom. The van der Waals surface area contributed by atoms with Gasteiger partial charge in [0.1, 0.15) is 11.5 Å². The van der Waals surface area contributed by atoms with Crippen molar-refractivity contribution >= 4 is 31.8 Å². The van der Waals surface area contributed by atoms with Gasteiger partial charge < -0.3 is 14.4 Å². The number of rotatable bonds is 8. The first-order valence-electron chi connectivity index (χ1n) is 13.4. The number of phenolic OH excluding ortho intramolecular Hbond substituents is 1. The average Bonchev–Trinajstić information content (AvgIpc) is 2.90. The standard InChI is InChI=1S/C28H32ClO5P.C3H8S/c1-18(2)25-14-21(8-9-27(25)30)15-26-19(3)12-24(13-20(26)4)32-17-35(31)33-11-10-28(34-35)22-6-5-7-23(29)16-22;1-2-3-4/h5-9,12-14,16,18,28,30H,10-11,15,17H2,1-4H3;4H,2-3H2,1H3/t28-,35+;/m0./s1. The Kier molecular flexibility index (Phi) is 11.8. The lowest BCUT2D eigenvalue weighted by atomic mass is 9.93. The van der Waals surface area contributed by atoms with E-state index in [4.69, 9.17) is 25.4 Å². The van der Waals surface area contributed by atoms with Crippen molar-refractivity contribution in [1.82, 2.24) is 0 Å². The first kappa shape index (κ1) is 31.6. The number of hydrogen-bond acceptors (Lipinski definition) is 6. The van der Waals surface area contributed by atoms with Crippen LogP contribution in [0.15, 0.2) is 54.6 Å². The number of benzene rings is 3. The smallest absolute Gasteiger partial charge is 0.368 e. The molecule has 1 aliphatic heterocycles. The van der Waals surface area contributed by atoms with Crippen molar-refractivity contribution in [3.05, 3.63) is 93.0 Å². The summed E-state index contributed by atoms with van der Waals surface area (Å²) in [5.74, 6) is 2.23. The Balaban J connectivity index is 0.000000983. The molecule has 0 spiro atoms.